The molecule has 3 aliphatic rings. The SMILES string of the molecule is OCCN1CCC(CC2CCN(CC3CCNCC3)CC2)CC1.[CH3-].[W]. The van der Waals surface area contributed by atoms with E-state index >= 15 is 0 Å². The minimum Gasteiger partial charge on any atom is -0.395 e. The van der Waals surface area contributed by atoms with Gasteiger partial charge in [-0.2, -0.15) is 0 Å². The van der Waals surface area contributed by atoms with Crippen LogP contribution in [0.2, 0.25) is 0 Å². The molecule has 0 bridgehead atoms. The van der Waals surface area contributed by atoms with Gasteiger partial charge in [-0.3, -0.25) is 0 Å². The maximum atomic E-state index is 9.04. The van der Waals surface area contributed by atoms with Crippen molar-refractivity contribution in [2.24, 2.45) is 17.8 Å². The predicted octanol–water partition coefficient (Wildman–Crippen LogP) is 2.24. The van der Waals surface area contributed by atoms with Crippen molar-refractivity contribution in [1.82, 2.24) is 15.1 Å². The fraction of sp³-hybridized carbons (Fsp3) is 0.950. The van der Waals surface area contributed by atoms with E-state index in [1.807, 2.05) is 0 Å². The van der Waals surface area contributed by atoms with E-state index in [2.05, 4.69) is 15.1 Å². The van der Waals surface area contributed by atoms with E-state index in [1.54, 1.807) is 0 Å². The van der Waals surface area contributed by atoms with Gasteiger partial charge < -0.3 is 27.6 Å². The van der Waals surface area contributed by atoms with Gasteiger partial charge in [-0.15, -0.1) is 0 Å². The van der Waals surface area contributed by atoms with Gasteiger partial charge in [0.25, 0.3) is 0 Å². The first-order valence-electron chi connectivity index (χ1n) is 10.1. The van der Waals surface area contributed by atoms with E-state index in [0.29, 0.717) is 6.61 Å². The molecule has 4 nitrogen and oxygen atoms in total. The van der Waals surface area contributed by atoms with Crippen LogP contribution < -0.4 is 5.32 Å². The summed E-state index contributed by atoms with van der Waals surface area (Å²) in [6.07, 6.45) is 9.81. The summed E-state index contributed by atoms with van der Waals surface area (Å²) in [4.78, 5) is 5.18. The molecular weight excluding hydrogens is 482 g/mol. The van der Waals surface area contributed by atoms with Crippen molar-refractivity contribution in [1.29, 1.82) is 0 Å². The van der Waals surface area contributed by atoms with Crippen molar-refractivity contribution in [2.75, 3.05) is 59.0 Å². The molecule has 0 amide bonds. The number of nitrogens with zero attached hydrogens (tertiary/aromatic N) is 2. The van der Waals surface area contributed by atoms with Gasteiger partial charge in [-0.05, 0) is 102 Å². The van der Waals surface area contributed by atoms with Crippen LogP contribution >= 0.6 is 0 Å². The normalized spacial score (nSPS) is 25.3. The summed E-state index contributed by atoms with van der Waals surface area (Å²) in [5.74, 6) is 2.88. The molecule has 0 unspecified atom stereocenters. The first-order chi connectivity index (χ1) is 11.3. The Kier molecular flexibility index (Phi) is 12.1. The molecule has 0 aliphatic carbocycles. The number of hydrogen-bond donors (Lipinski definition) is 2. The number of rotatable bonds is 6. The van der Waals surface area contributed by atoms with Crippen molar-refractivity contribution >= 4 is 0 Å². The number of hydrogen-bond acceptors (Lipinski definition) is 4. The molecule has 0 saturated carbocycles. The number of piperidine rings is 3. The summed E-state index contributed by atoms with van der Waals surface area (Å²) < 4.78 is 0. The van der Waals surface area contributed by atoms with Gasteiger partial charge in [0.15, 0.2) is 0 Å². The number of β-amino-alcohol motifs (C(OH)–C–C–N with tert-alkyl or cyclic N) is 1. The molecule has 0 aromatic rings. The van der Waals surface area contributed by atoms with Crippen molar-refractivity contribution in [3.8, 4) is 0 Å². The molecule has 148 valence electrons. The smallest absolute Gasteiger partial charge is 0.0558 e. The molecule has 3 aliphatic heterocycles. The molecule has 3 rings (SSSR count). The number of likely N-dealkylation sites (tertiary alicyclic amines) is 2. The number of aliphatic hydroxyl groups excluding tert-OH is 1. The quantitative estimate of drug-likeness (QED) is 0.526. The molecule has 0 aromatic carbocycles. The Labute approximate surface area is 170 Å². The van der Waals surface area contributed by atoms with Gasteiger partial charge >= 0.3 is 0 Å². The van der Waals surface area contributed by atoms with Gasteiger partial charge in [0.2, 0.25) is 0 Å². The van der Waals surface area contributed by atoms with Crippen LogP contribution in [-0.2, 0) is 21.1 Å². The molecular formula is C20H40N3OW-. The van der Waals surface area contributed by atoms with E-state index in [9.17, 15) is 0 Å². The monoisotopic (exact) mass is 522 g/mol. The minimum atomic E-state index is 0. The maximum Gasteiger partial charge on any atom is 0.0558 e. The standard InChI is InChI=1S/C19H37N3O.CH3.W/c23-14-13-21-9-3-17(4-10-21)15-18-5-11-22(12-6-18)16-19-1-7-20-8-2-19;;/h17-20,23H,1-16H2;1H3;/q;-1;. The third kappa shape index (κ3) is 7.97. The van der Waals surface area contributed by atoms with Crippen molar-refractivity contribution in [3.63, 3.8) is 0 Å². The van der Waals surface area contributed by atoms with Gasteiger partial charge in [0.05, 0.1) is 6.61 Å². The Morgan fingerprint density at radius 1 is 0.760 bits per heavy atom. The van der Waals surface area contributed by atoms with Crippen LogP contribution in [0.3, 0.4) is 0 Å². The summed E-state index contributed by atoms with van der Waals surface area (Å²) in [6, 6.07) is 0. The minimum absolute atomic E-state index is 0. The molecule has 5 heteroatoms. The van der Waals surface area contributed by atoms with Crippen molar-refractivity contribution in [2.45, 2.75) is 44.9 Å². The fourth-order valence-electron chi connectivity index (χ4n) is 4.89. The van der Waals surface area contributed by atoms with Gasteiger partial charge in [0, 0.05) is 34.2 Å². The fourth-order valence-corrected chi connectivity index (χ4v) is 4.89. The molecule has 3 fully saturated rings. The van der Waals surface area contributed by atoms with E-state index < -0.39 is 0 Å². The summed E-state index contributed by atoms with van der Waals surface area (Å²) >= 11 is 0. The van der Waals surface area contributed by atoms with Crippen LogP contribution in [0.4, 0.5) is 0 Å². The second kappa shape index (κ2) is 12.8. The molecule has 25 heavy (non-hydrogen) atoms. The number of aliphatic hydroxyl groups is 1. The van der Waals surface area contributed by atoms with Crippen LogP contribution in [0.25, 0.3) is 0 Å². The first kappa shape index (κ1) is 23.6. The average Bonchev–Trinajstić information content (AvgIpc) is 2.60. The summed E-state index contributed by atoms with van der Waals surface area (Å²) in [7, 11) is 0. The van der Waals surface area contributed by atoms with Crippen molar-refractivity contribution < 1.29 is 26.2 Å². The Morgan fingerprint density at radius 3 is 1.80 bits per heavy atom. The third-order valence-electron chi connectivity index (χ3n) is 6.47. The summed E-state index contributed by atoms with van der Waals surface area (Å²) in [5, 5.41) is 12.5. The molecule has 0 spiro atoms. The average molecular weight is 522 g/mol. The van der Waals surface area contributed by atoms with Crippen LogP contribution in [0.1, 0.15) is 44.9 Å². The first-order valence-corrected chi connectivity index (χ1v) is 10.1. The third-order valence-corrected chi connectivity index (χ3v) is 6.47. The topological polar surface area (TPSA) is 38.7 Å². The molecule has 2 N–H and O–H groups in total. The second-order valence-electron chi connectivity index (χ2n) is 8.18. The van der Waals surface area contributed by atoms with Crippen LogP contribution in [0.5, 0.6) is 0 Å². The molecule has 0 atom stereocenters. The van der Waals surface area contributed by atoms with Crippen LogP contribution in [0, 0.1) is 25.2 Å². The molecule has 0 aromatic heterocycles. The van der Waals surface area contributed by atoms with Gasteiger partial charge in [0.1, 0.15) is 0 Å². The van der Waals surface area contributed by atoms with Crippen LogP contribution in [-0.4, -0.2) is 73.9 Å². The van der Waals surface area contributed by atoms with Crippen LogP contribution in [0.15, 0.2) is 0 Å². The van der Waals surface area contributed by atoms with Gasteiger partial charge in [-0.1, -0.05) is 0 Å². The van der Waals surface area contributed by atoms with E-state index in [4.69, 9.17) is 5.11 Å². The van der Waals surface area contributed by atoms with Gasteiger partial charge in [-0.25, -0.2) is 0 Å². The van der Waals surface area contributed by atoms with E-state index in [-0.39, 0.29) is 28.5 Å². The zero-order valence-corrected chi connectivity index (χ0v) is 19.2. The molecule has 3 heterocycles. The second-order valence-corrected chi connectivity index (χ2v) is 8.18. The Hall–Kier alpha value is 0.528. The molecule has 0 radical (unpaired) electrons. The number of nitrogens with one attached hydrogen (secondary N) is 1. The molecule has 3 saturated heterocycles. The zero-order valence-electron chi connectivity index (χ0n) is 16.3. The van der Waals surface area contributed by atoms with Crippen molar-refractivity contribution in [3.05, 3.63) is 7.43 Å². The Balaban J connectivity index is 0.00000156. The summed E-state index contributed by atoms with van der Waals surface area (Å²) in [6.45, 7) is 10.1. The predicted molar refractivity (Wildman–Crippen MR) is 102 cm³/mol. The maximum absolute atomic E-state index is 9.04. The van der Waals surface area contributed by atoms with E-state index in [0.717, 1.165) is 24.3 Å². The summed E-state index contributed by atoms with van der Waals surface area (Å²) in [5.41, 5.74) is 0. The zero-order chi connectivity index (χ0) is 15.9. The largest absolute Gasteiger partial charge is 0.395 e. The Morgan fingerprint density at radius 2 is 1.28 bits per heavy atom. The Bertz CT molecular complexity index is 323. The van der Waals surface area contributed by atoms with E-state index in [1.165, 1.54) is 90.8 Å².